The highest BCUT2D eigenvalue weighted by Gasteiger charge is 2.37. The number of hydrogen-bond acceptors (Lipinski definition) is 8. The van der Waals surface area contributed by atoms with Gasteiger partial charge in [-0.05, 0) is 12.0 Å². The summed E-state index contributed by atoms with van der Waals surface area (Å²) in [4.78, 5) is 24.0. The molecule has 1 aromatic rings. The standard InChI is InChI=1S/C15H21NO7/c16-9(6-8-4-2-1-3-5-8)11(19)13(21)15(23)14(22)12(20)10(18)7-17/h1-5,9-10,12-14,17-18,20-22H,6-7,16H2/t9-,10+,12+,13?,14-/m0/s1/i/hD. The van der Waals surface area contributed by atoms with Gasteiger partial charge >= 0.3 is 0 Å². The van der Waals surface area contributed by atoms with Crippen molar-refractivity contribution in [1.82, 2.24) is 0 Å². The molecule has 5 atom stereocenters. The zero-order chi connectivity index (χ0) is 18.3. The van der Waals surface area contributed by atoms with Crippen LogP contribution in [0.1, 0.15) is 5.56 Å². The molecule has 1 rings (SSSR count). The maximum atomic E-state index is 12.1. The van der Waals surface area contributed by atoms with Crippen LogP contribution in [0.25, 0.3) is 0 Å². The van der Waals surface area contributed by atoms with Crippen molar-refractivity contribution >= 4 is 11.6 Å². The highest BCUT2D eigenvalue weighted by Crippen LogP contribution is 2.08. The molecule has 128 valence electrons. The van der Waals surface area contributed by atoms with Gasteiger partial charge in [0.2, 0.25) is 0 Å². The summed E-state index contributed by atoms with van der Waals surface area (Å²) < 4.78 is 7.19. The second kappa shape index (κ2) is 8.82. The van der Waals surface area contributed by atoms with Crippen molar-refractivity contribution in [3.05, 3.63) is 35.9 Å². The molecule has 0 aromatic heterocycles. The number of aliphatic hydroxyl groups excluding tert-OH is 5. The average molecular weight is 328 g/mol. The monoisotopic (exact) mass is 328 g/mol. The maximum absolute atomic E-state index is 12.1. The van der Waals surface area contributed by atoms with E-state index in [0.717, 1.165) is 0 Å². The normalized spacial score (nSPS) is 18.4. The number of benzene rings is 1. The summed E-state index contributed by atoms with van der Waals surface area (Å²) >= 11 is 0. The third-order valence-corrected chi connectivity index (χ3v) is 3.36. The summed E-state index contributed by atoms with van der Waals surface area (Å²) in [5.74, 6) is -2.48. The lowest BCUT2D eigenvalue weighted by Crippen LogP contribution is -2.52. The number of carbonyl (C=O) groups is 2. The number of carbonyl (C=O) groups excluding carboxylic acids is 2. The van der Waals surface area contributed by atoms with Gasteiger partial charge in [-0.25, -0.2) is 0 Å². The summed E-state index contributed by atoms with van der Waals surface area (Å²) in [7, 11) is 0. The molecule has 0 spiro atoms. The molecule has 0 aliphatic carbocycles. The van der Waals surface area contributed by atoms with E-state index in [1.165, 1.54) is 0 Å². The molecule has 0 heterocycles. The fourth-order valence-electron chi connectivity index (χ4n) is 1.93. The second-order valence-corrected chi connectivity index (χ2v) is 5.13. The molecule has 0 saturated heterocycles. The number of Topliss-reactive ketones (excluding diaryl/α,β-unsaturated/α-hetero) is 2. The lowest BCUT2D eigenvalue weighted by atomic mass is 9.94. The summed E-state index contributed by atoms with van der Waals surface area (Å²) in [6, 6.07) is 7.39. The van der Waals surface area contributed by atoms with Gasteiger partial charge in [-0.2, -0.15) is 0 Å². The Labute approximate surface area is 134 Å². The van der Waals surface area contributed by atoms with E-state index in [2.05, 4.69) is 0 Å². The topological polar surface area (TPSA) is 161 Å². The fourth-order valence-corrected chi connectivity index (χ4v) is 1.93. The average Bonchev–Trinajstić information content (AvgIpc) is 2.63. The Morgan fingerprint density at radius 2 is 1.70 bits per heavy atom. The molecule has 0 aliphatic heterocycles. The second-order valence-electron chi connectivity index (χ2n) is 5.13. The van der Waals surface area contributed by atoms with Gasteiger partial charge in [0.15, 0.2) is 17.7 Å². The van der Waals surface area contributed by atoms with E-state index < -0.39 is 48.6 Å². The number of hydrogen-bond donors (Lipinski definition) is 6. The highest BCUT2D eigenvalue weighted by molar-refractivity contribution is 6.09. The Kier molecular flexibility index (Phi) is 6.78. The summed E-state index contributed by atoms with van der Waals surface area (Å²) in [6.07, 6.45) is -8.37. The molecule has 0 amide bonds. The van der Waals surface area contributed by atoms with Gasteiger partial charge in [0.05, 0.1) is 12.6 Å². The first-order chi connectivity index (χ1) is 11.3. The molecule has 1 aromatic carbocycles. The van der Waals surface area contributed by atoms with Crippen LogP contribution in [0.15, 0.2) is 30.3 Å². The van der Waals surface area contributed by atoms with Crippen molar-refractivity contribution < 1.29 is 36.5 Å². The third kappa shape index (κ3) is 5.17. The van der Waals surface area contributed by atoms with Crippen molar-refractivity contribution in [3.63, 3.8) is 0 Å². The molecule has 0 saturated carbocycles. The Morgan fingerprint density at radius 3 is 2.22 bits per heavy atom. The quantitative estimate of drug-likeness (QED) is 0.250. The lowest BCUT2D eigenvalue weighted by molar-refractivity contribution is -0.153. The third-order valence-electron chi connectivity index (χ3n) is 3.36. The first-order valence-electron chi connectivity index (χ1n) is 7.45. The number of aliphatic hydroxyl groups is 5. The van der Waals surface area contributed by atoms with Gasteiger partial charge in [-0.1, -0.05) is 30.3 Å². The van der Waals surface area contributed by atoms with Crippen molar-refractivity contribution in [1.29, 1.82) is 0 Å². The van der Waals surface area contributed by atoms with E-state index >= 15 is 0 Å². The van der Waals surface area contributed by atoms with E-state index in [0.29, 0.717) is 5.56 Å². The zero-order valence-corrected chi connectivity index (χ0v) is 12.2. The van der Waals surface area contributed by atoms with Crippen LogP contribution in [-0.2, 0) is 16.0 Å². The summed E-state index contributed by atoms with van der Waals surface area (Å²) in [6.45, 7) is -0.916. The fraction of sp³-hybridized carbons (Fsp3) is 0.467. The van der Waals surface area contributed by atoms with Gasteiger partial charge in [-0.15, -0.1) is 0 Å². The number of nitrogens with two attached hydrogens (primary N) is 1. The number of rotatable bonds is 10. The van der Waals surface area contributed by atoms with Crippen LogP contribution in [0.5, 0.6) is 0 Å². The maximum Gasteiger partial charge on any atom is 0.200 e. The lowest BCUT2D eigenvalue weighted by Gasteiger charge is -2.23. The molecule has 23 heavy (non-hydrogen) atoms. The molecule has 0 bridgehead atoms. The smallest absolute Gasteiger partial charge is 0.200 e. The Balaban J connectivity index is 2.78. The summed E-state index contributed by atoms with van der Waals surface area (Å²) in [5, 5.41) is 46.7. The van der Waals surface area contributed by atoms with Crippen LogP contribution in [0.3, 0.4) is 0 Å². The highest BCUT2D eigenvalue weighted by atomic mass is 16.4. The van der Waals surface area contributed by atoms with E-state index in [1.807, 2.05) is 5.73 Å². The van der Waals surface area contributed by atoms with Crippen LogP contribution in [-0.4, -0.2) is 74.2 Å². The van der Waals surface area contributed by atoms with Gasteiger partial charge < -0.3 is 31.3 Å². The molecule has 8 heteroatoms. The SMILES string of the molecule is [2H]N[C@@H](Cc1ccccc1)C(=O)C(O)C(=O)[C@@H](O)[C@H](O)[C@H](O)CO. The van der Waals surface area contributed by atoms with Crippen LogP contribution in [0, 0.1) is 0 Å². The minimum atomic E-state index is -2.29. The van der Waals surface area contributed by atoms with E-state index in [1.54, 1.807) is 30.3 Å². The first-order valence-corrected chi connectivity index (χ1v) is 6.95. The number of ketones is 2. The molecule has 0 aliphatic rings. The largest absolute Gasteiger partial charge is 0.394 e. The molecular weight excluding hydrogens is 306 g/mol. The minimum Gasteiger partial charge on any atom is -0.394 e. The van der Waals surface area contributed by atoms with Crippen molar-refractivity contribution in [2.45, 2.75) is 36.9 Å². The van der Waals surface area contributed by atoms with E-state index in [9.17, 15) is 30.0 Å². The molecular formula is C15H21NO7. The van der Waals surface area contributed by atoms with Gasteiger partial charge in [-0.3, -0.25) is 9.59 Å². The van der Waals surface area contributed by atoms with Crippen molar-refractivity contribution in [2.24, 2.45) is 5.73 Å². The molecule has 7 N–H and O–H groups in total. The first kappa shape index (κ1) is 17.7. The van der Waals surface area contributed by atoms with Gasteiger partial charge in [0.1, 0.15) is 19.7 Å². The zero-order valence-electron chi connectivity index (χ0n) is 13.2. The van der Waals surface area contributed by atoms with Crippen LogP contribution >= 0.6 is 0 Å². The van der Waals surface area contributed by atoms with E-state index in [4.69, 9.17) is 6.52 Å². The van der Waals surface area contributed by atoms with Crippen molar-refractivity contribution in [3.8, 4) is 0 Å². The molecule has 1 unspecified atom stereocenters. The Hall–Kier alpha value is -1.68. The summed E-state index contributed by atoms with van der Waals surface area (Å²) in [5.41, 5.74) is 2.63. The Morgan fingerprint density at radius 1 is 1.09 bits per heavy atom. The Bertz CT molecular complexity index is 542. The molecule has 8 nitrogen and oxygen atoms in total. The van der Waals surface area contributed by atoms with Gasteiger partial charge in [0.25, 0.3) is 0 Å². The predicted octanol–water partition coefficient (Wildman–Crippen LogP) is -2.87. The van der Waals surface area contributed by atoms with Crippen LogP contribution in [0.2, 0.25) is 1.41 Å². The van der Waals surface area contributed by atoms with E-state index in [-0.39, 0.29) is 6.42 Å². The van der Waals surface area contributed by atoms with Gasteiger partial charge in [0, 0.05) is 0 Å². The molecule has 0 fully saturated rings. The van der Waals surface area contributed by atoms with Crippen LogP contribution in [0.4, 0.5) is 0 Å². The van der Waals surface area contributed by atoms with Crippen molar-refractivity contribution in [2.75, 3.05) is 6.61 Å². The predicted molar refractivity (Wildman–Crippen MR) is 79.2 cm³/mol. The van der Waals surface area contributed by atoms with Crippen LogP contribution < -0.4 is 5.73 Å². The minimum absolute atomic E-state index is 0.0332. The molecule has 0 radical (unpaired) electrons.